The van der Waals surface area contributed by atoms with Gasteiger partial charge in [-0.05, 0) is 19.1 Å². The van der Waals surface area contributed by atoms with Gasteiger partial charge in [-0.2, -0.15) is 4.55 Å². The summed E-state index contributed by atoms with van der Waals surface area (Å²) in [6.07, 6.45) is 0. The molecule has 0 radical (unpaired) electrons. The molecule has 3 heteroatoms. The zero-order valence-electron chi connectivity index (χ0n) is 5.74. The molecule has 0 saturated carbocycles. The van der Waals surface area contributed by atoms with Gasteiger partial charge in [-0.3, -0.25) is 0 Å². The molecule has 0 fully saturated rings. The zero-order valence-corrected chi connectivity index (χ0v) is 6.56. The topological polar surface area (TPSA) is 46.2 Å². The molecule has 0 aromatic heterocycles. The van der Waals surface area contributed by atoms with E-state index in [1.54, 1.807) is 0 Å². The van der Waals surface area contributed by atoms with Crippen molar-refractivity contribution in [2.24, 2.45) is 5.14 Å². The van der Waals surface area contributed by atoms with Crippen LogP contribution in [0.3, 0.4) is 0 Å². The largest absolute Gasteiger partial charge is 0.272 e. The summed E-state index contributed by atoms with van der Waals surface area (Å²) < 4.78 is 8.92. The van der Waals surface area contributed by atoms with Crippen molar-refractivity contribution in [3.8, 4) is 0 Å². The second-order valence-corrected chi connectivity index (χ2v) is 3.23. The van der Waals surface area contributed by atoms with Crippen molar-refractivity contribution in [2.75, 3.05) is 0 Å². The fraction of sp³-hybridized carbons (Fsp3) is 0.143. The maximum Gasteiger partial charge on any atom is 0.272 e. The molecule has 0 amide bonds. The summed E-state index contributed by atoms with van der Waals surface area (Å²) in [5.74, 6) is 0. The van der Waals surface area contributed by atoms with Gasteiger partial charge in [0.05, 0.1) is 0 Å². The Bertz CT molecular complexity index is 207. The lowest BCUT2D eigenvalue weighted by molar-refractivity contribution is 0.640. The highest BCUT2D eigenvalue weighted by Gasteiger charge is 2.11. The van der Waals surface area contributed by atoms with Crippen molar-refractivity contribution in [1.29, 1.82) is 0 Å². The van der Waals surface area contributed by atoms with Crippen LogP contribution in [-0.2, 0) is 11.4 Å². The molecule has 10 heavy (non-hydrogen) atoms. The molecule has 54 valence electrons. The van der Waals surface area contributed by atoms with E-state index in [0.29, 0.717) is 0 Å². The highest BCUT2D eigenvalue weighted by molar-refractivity contribution is 7.89. The minimum atomic E-state index is -1.09. The molecule has 0 aliphatic carbocycles. The van der Waals surface area contributed by atoms with Crippen molar-refractivity contribution < 1.29 is 4.55 Å². The molecule has 1 rings (SSSR count). The summed E-state index contributed by atoms with van der Waals surface area (Å²) >= 11 is -1.09. The average Bonchev–Trinajstić information content (AvgIpc) is 1.88. The van der Waals surface area contributed by atoms with Crippen LogP contribution in [0.1, 0.15) is 5.56 Å². The van der Waals surface area contributed by atoms with Crippen LogP contribution in [0.4, 0.5) is 0 Å². The molecule has 0 aliphatic rings. The van der Waals surface area contributed by atoms with E-state index in [1.807, 2.05) is 31.2 Å². The lowest BCUT2D eigenvalue weighted by atomic mass is 10.2. The van der Waals surface area contributed by atoms with Crippen molar-refractivity contribution in [3.05, 3.63) is 29.8 Å². The molecular formula is C7H10NOS+. The first-order chi connectivity index (χ1) is 4.70. The predicted octanol–water partition coefficient (Wildman–Crippen LogP) is 1.32. The van der Waals surface area contributed by atoms with Crippen molar-refractivity contribution in [3.63, 3.8) is 0 Å². The summed E-state index contributed by atoms with van der Waals surface area (Å²) in [6.45, 7) is 2.00. The molecule has 1 atom stereocenters. The number of rotatable bonds is 1. The van der Waals surface area contributed by atoms with Gasteiger partial charge in [0.1, 0.15) is 0 Å². The van der Waals surface area contributed by atoms with Crippen LogP contribution in [0.15, 0.2) is 29.2 Å². The Morgan fingerprint density at radius 2 is 1.80 bits per heavy atom. The van der Waals surface area contributed by atoms with Crippen LogP contribution in [0, 0.1) is 6.92 Å². The fourth-order valence-corrected chi connectivity index (χ4v) is 1.09. The second kappa shape index (κ2) is 3.05. The lowest BCUT2D eigenvalue weighted by Crippen LogP contribution is -2.11. The second-order valence-electron chi connectivity index (χ2n) is 2.13. The van der Waals surface area contributed by atoms with Crippen molar-refractivity contribution in [2.45, 2.75) is 11.8 Å². The molecule has 1 unspecified atom stereocenters. The van der Waals surface area contributed by atoms with Gasteiger partial charge in [-0.15, -0.1) is 5.14 Å². The Labute approximate surface area is 63.4 Å². The third-order valence-corrected chi connectivity index (χ3v) is 2.02. The van der Waals surface area contributed by atoms with Crippen LogP contribution in [0.2, 0.25) is 0 Å². The van der Waals surface area contributed by atoms with Gasteiger partial charge in [-0.1, -0.05) is 17.7 Å². The standard InChI is InChI=1S/C7H10NOS/c1-6-2-4-7(5-3-6)10(8)9/h2-5,9H,8H2,1H3/q+1. The lowest BCUT2D eigenvalue weighted by Gasteiger charge is -1.91. The van der Waals surface area contributed by atoms with E-state index in [4.69, 9.17) is 9.69 Å². The van der Waals surface area contributed by atoms with Gasteiger partial charge in [0.2, 0.25) is 4.90 Å². The van der Waals surface area contributed by atoms with Gasteiger partial charge in [0, 0.05) is 0 Å². The number of nitrogens with two attached hydrogens (primary N) is 1. The minimum Gasteiger partial charge on any atom is -0.162 e. The molecule has 0 saturated heterocycles. The van der Waals surface area contributed by atoms with E-state index in [-0.39, 0.29) is 0 Å². The van der Waals surface area contributed by atoms with E-state index < -0.39 is 11.4 Å². The van der Waals surface area contributed by atoms with Gasteiger partial charge < -0.3 is 0 Å². The van der Waals surface area contributed by atoms with E-state index in [1.165, 1.54) is 5.56 Å². The van der Waals surface area contributed by atoms with Crippen molar-refractivity contribution >= 4 is 11.4 Å². The summed E-state index contributed by atoms with van der Waals surface area (Å²) in [7, 11) is 0. The number of aryl methyl sites for hydroxylation is 1. The Hall–Kier alpha value is -0.510. The van der Waals surface area contributed by atoms with E-state index in [0.717, 1.165) is 4.90 Å². The van der Waals surface area contributed by atoms with Gasteiger partial charge in [0.25, 0.3) is 11.4 Å². The summed E-state index contributed by atoms with van der Waals surface area (Å²) in [5, 5.41) is 5.25. The molecule has 1 aromatic rings. The molecule has 3 N–H and O–H groups in total. The summed E-state index contributed by atoms with van der Waals surface area (Å²) in [6, 6.07) is 7.52. The Balaban J connectivity index is 2.89. The van der Waals surface area contributed by atoms with E-state index in [2.05, 4.69) is 0 Å². The molecule has 0 spiro atoms. The Kier molecular flexibility index (Phi) is 2.32. The molecule has 2 nitrogen and oxygen atoms in total. The van der Waals surface area contributed by atoms with E-state index in [9.17, 15) is 0 Å². The van der Waals surface area contributed by atoms with Gasteiger partial charge in [-0.25, -0.2) is 0 Å². The molecule has 1 aromatic carbocycles. The monoisotopic (exact) mass is 156 g/mol. The molecule has 0 aliphatic heterocycles. The first kappa shape index (κ1) is 7.60. The van der Waals surface area contributed by atoms with Crippen LogP contribution >= 0.6 is 0 Å². The van der Waals surface area contributed by atoms with E-state index >= 15 is 0 Å². The number of hydrogen-bond acceptors (Lipinski definition) is 2. The Morgan fingerprint density at radius 1 is 1.30 bits per heavy atom. The van der Waals surface area contributed by atoms with Crippen LogP contribution < -0.4 is 5.14 Å². The highest BCUT2D eigenvalue weighted by atomic mass is 32.2. The first-order valence-corrected chi connectivity index (χ1v) is 4.19. The number of benzene rings is 1. The molecule has 0 bridgehead atoms. The molecular weight excluding hydrogens is 146 g/mol. The first-order valence-electron chi connectivity index (χ1n) is 2.94. The van der Waals surface area contributed by atoms with Gasteiger partial charge >= 0.3 is 0 Å². The third-order valence-electron chi connectivity index (χ3n) is 1.26. The minimum absolute atomic E-state index is 0.783. The number of hydrogen-bond donors (Lipinski definition) is 2. The van der Waals surface area contributed by atoms with Crippen LogP contribution in [0.5, 0.6) is 0 Å². The normalized spacial score (nSPS) is 13.1. The van der Waals surface area contributed by atoms with Gasteiger partial charge in [0.15, 0.2) is 0 Å². The van der Waals surface area contributed by atoms with Crippen LogP contribution in [0.25, 0.3) is 0 Å². The zero-order chi connectivity index (χ0) is 7.56. The average molecular weight is 156 g/mol. The Morgan fingerprint density at radius 3 is 2.20 bits per heavy atom. The maximum absolute atomic E-state index is 8.92. The van der Waals surface area contributed by atoms with Crippen molar-refractivity contribution in [1.82, 2.24) is 0 Å². The quantitative estimate of drug-likeness (QED) is 0.602. The van der Waals surface area contributed by atoms with Crippen LogP contribution in [-0.4, -0.2) is 4.55 Å². The SMILES string of the molecule is Cc1ccc([S+](N)O)cc1. The summed E-state index contributed by atoms with van der Waals surface area (Å²) in [4.78, 5) is 0.783. The smallest absolute Gasteiger partial charge is 0.162 e. The molecule has 0 heterocycles. The highest BCUT2D eigenvalue weighted by Crippen LogP contribution is 2.06. The fourth-order valence-electron chi connectivity index (χ4n) is 0.678. The predicted molar refractivity (Wildman–Crippen MR) is 43.6 cm³/mol. The summed E-state index contributed by atoms with van der Waals surface area (Å²) in [5.41, 5.74) is 1.18. The third kappa shape index (κ3) is 1.73. The maximum atomic E-state index is 8.92.